The van der Waals surface area contributed by atoms with Gasteiger partial charge in [0.25, 0.3) is 11.0 Å². The van der Waals surface area contributed by atoms with Crippen LogP contribution < -0.4 is 4.43 Å². The highest BCUT2D eigenvalue weighted by Gasteiger charge is 2.16. The molecule has 0 aliphatic rings. The number of rotatable bonds is 1. The minimum atomic E-state index is 0.568. The van der Waals surface area contributed by atoms with Gasteiger partial charge in [0.1, 0.15) is 16.9 Å². The minimum Gasteiger partial charge on any atom is -0.344 e. The van der Waals surface area contributed by atoms with Crippen molar-refractivity contribution < 1.29 is 4.43 Å². The molecule has 0 aliphatic carbocycles. The lowest BCUT2D eigenvalue weighted by atomic mass is 10.2. The summed E-state index contributed by atoms with van der Waals surface area (Å²) in [7, 11) is 0. The molecule has 0 atom stereocenters. The Morgan fingerprint density at radius 3 is 2.60 bits per heavy atom. The highest BCUT2D eigenvalue weighted by molar-refractivity contribution is 9.10. The molecule has 0 radical (unpaired) electrons. The second kappa shape index (κ2) is 5.26. The molecule has 5 rings (SSSR count). The van der Waals surface area contributed by atoms with Gasteiger partial charge in [0.15, 0.2) is 0 Å². The van der Waals surface area contributed by atoms with Gasteiger partial charge in [0.05, 0.1) is 15.5 Å². The van der Waals surface area contributed by atoms with Crippen molar-refractivity contribution in [2.24, 2.45) is 0 Å². The summed E-state index contributed by atoms with van der Waals surface area (Å²) in [6.45, 7) is 0. The zero-order chi connectivity index (χ0) is 17.0. The maximum atomic E-state index is 12.7. The first-order valence-electron chi connectivity index (χ1n) is 7.82. The number of nitrogens with one attached hydrogen (secondary N) is 2. The van der Waals surface area contributed by atoms with Gasteiger partial charge in [0.2, 0.25) is 0 Å². The first-order chi connectivity index (χ1) is 12.2. The van der Waals surface area contributed by atoms with E-state index in [1.807, 2.05) is 54.6 Å². The fourth-order valence-electron chi connectivity index (χ4n) is 3.12. The van der Waals surface area contributed by atoms with E-state index in [-0.39, 0.29) is 0 Å². The summed E-state index contributed by atoms with van der Waals surface area (Å²) >= 11 is 3.48. The second-order valence-electron chi connectivity index (χ2n) is 5.92. The van der Waals surface area contributed by atoms with Crippen LogP contribution in [-0.4, -0.2) is 15.0 Å². The molecule has 5 nitrogen and oxygen atoms in total. The lowest BCUT2D eigenvalue weighted by molar-refractivity contribution is -0.432. The van der Waals surface area contributed by atoms with Crippen molar-refractivity contribution in [3.8, 4) is 11.4 Å². The maximum absolute atomic E-state index is 12.7. The molecular formula is C19H12BrN4O+. The molecule has 25 heavy (non-hydrogen) atoms. The van der Waals surface area contributed by atoms with Crippen LogP contribution in [0.4, 0.5) is 0 Å². The molecule has 0 saturated carbocycles. The lowest BCUT2D eigenvalue weighted by Gasteiger charge is -1.96. The largest absolute Gasteiger partial charge is 0.344 e. The van der Waals surface area contributed by atoms with Gasteiger partial charge in [-0.1, -0.05) is 40.2 Å². The van der Waals surface area contributed by atoms with Gasteiger partial charge in [-0.15, -0.1) is 0 Å². The number of H-pyrrole nitrogens is 2. The Balaban J connectivity index is 1.82. The van der Waals surface area contributed by atoms with E-state index in [1.54, 1.807) is 6.07 Å². The number of hydrogen-bond acceptors (Lipinski definition) is 2. The molecule has 120 valence electrons. The third kappa shape index (κ3) is 2.26. The van der Waals surface area contributed by atoms with Gasteiger partial charge in [-0.3, -0.25) is 0 Å². The van der Waals surface area contributed by atoms with Crippen molar-refractivity contribution in [1.29, 1.82) is 0 Å². The van der Waals surface area contributed by atoms with E-state index >= 15 is 0 Å². The molecule has 2 aromatic heterocycles. The normalized spacial score (nSPS) is 11.6. The van der Waals surface area contributed by atoms with E-state index in [0.29, 0.717) is 11.0 Å². The monoisotopic (exact) mass is 391 g/mol. The first kappa shape index (κ1) is 14.4. The van der Waals surface area contributed by atoms with Gasteiger partial charge in [-0.05, 0) is 24.3 Å². The predicted octanol–water partition coefficient (Wildman–Crippen LogP) is 4.54. The SMILES string of the molecule is O=[n+]1c2ccccc2[nH]c2cc3[nH]c(-c4cccc(Br)c4)nc3cc21. The van der Waals surface area contributed by atoms with Crippen molar-refractivity contribution in [1.82, 2.24) is 15.0 Å². The van der Waals surface area contributed by atoms with Crippen molar-refractivity contribution in [2.75, 3.05) is 0 Å². The fraction of sp³-hybridized carbons (Fsp3) is 0. The molecule has 0 spiro atoms. The molecular weight excluding hydrogens is 380 g/mol. The predicted molar refractivity (Wildman–Crippen MR) is 102 cm³/mol. The summed E-state index contributed by atoms with van der Waals surface area (Å²) in [6.07, 6.45) is 0. The van der Waals surface area contributed by atoms with Gasteiger partial charge in [-0.2, -0.15) is 0 Å². The van der Waals surface area contributed by atoms with Crippen LogP contribution in [0.25, 0.3) is 44.5 Å². The molecule has 0 aliphatic heterocycles. The Morgan fingerprint density at radius 2 is 1.72 bits per heavy atom. The highest BCUT2D eigenvalue weighted by Crippen LogP contribution is 2.25. The van der Waals surface area contributed by atoms with Crippen LogP contribution in [-0.2, 0) is 0 Å². The standard InChI is InChI=1S/C19H12BrN4O/c20-12-5-3-4-11(8-12)19-22-14-9-16-18(10-15(14)23-19)24(25)17-7-2-1-6-13(17)21-16/h1-10H,(H,21,25)(H,22,23)/q+1. The van der Waals surface area contributed by atoms with Gasteiger partial charge >= 0.3 is 0 Å². The maximum Gasteiger partial charge on any atom is 0.289 e. The van der Waals surface area contributed by atoms with Crippen LogP contribution in [0.3, 0.4) is 0 Å². The lowest BCUT2D eigenvalue weighted by Crippen LogP contribution is -2.17. The highest BCUT2D eigenvalue weighted by atomic mass is 79.9. The Hall–Kier alpha value is -2.99. The summed E-state index contributed by atoms with van der Waals surface area (Å²) in [4.78, 5) is 24.0. The molecule has 2 N–H and O–H groups in total. The van der Waals surface area contributed by atoms with Crippen molar-refractivity contribution in [3.63, 3.8) is 0 Å². The van der Waals surface area contributed by atoms with Crippen LogP contribution in [0.1, 0.15) is 0 Å². The number of halogens is 1. The van der Waals surface area contributed by atoms with Gasteiger partial charge in [0, 0.05) is 27.1 Å². The first-order valence-corrected chi connectivity index (χ1v) is 8.61. The third-order valence-electron chi connectivity index (χ3n) is 4.31. The number of hydrogen-bond donors (Lipinski definition) is 2. The number of aromatic nitrogens is 4. The zero-order valence-corrected chi connectivity index (χ0v) is 14.5. The van der Waals surface area contributed by atoms with Crippen molar-refractivity contribution in [3.05, 3.63) is 70.0 Å². The summed E-state index contributed by atoms with van der Waals surface area (Å²) in [6, 6.07) is 19.2. The average Bonchev–Trinajstić information content (AvgIpc) is 3.03. The average molecular weight is 392 g/mol. The molecule has 6 heteroatoms. The summed E-state index contributed by atoms with van der Waals surface area (Å²) in [5.74, 6) is 0.772. The smallest absolute Gasteiger partial charge is 0.289 e. The molecule has 0 saturated heterocycles. The van der Waals surface area contributed by atoms with E-state index in [2.05, 4.69) is 30.9 Å². The number of nitrogens with zero attached hydrogens (tertiary/aromatic N) is 2. The Morgan fingerprint density at radius 1 is 0.840 bits per heavy atom. The zero-order valence-electron chi connectivity index (χ0n) is 13.0. The summed E-state index contributed by atoms with van der Waals surface area (Å²) in [5, 5.41) is 0. The molecule has 3 aromatic carbocycles. The van der Waals surface area contributed by atoms with Gasteiger partial charge < -0.3 is 9.97 Å². The molecule has 5 aromatic rings. The number of imidazole rings is 1. The second-order valence-corrected chi connectivity index (χ2v) is 6.83. The summed E-state index contributed by atoms with van der Waals surface area (Å²) in [5.41, 5.74) is 5.38. The molecule has 0 fully saturated rings. The molecule has 0 amide bonds. The van der Waals surface area contributed by atoms with E-state index in [0.717, 1.165) is 42.4 Å². The van der Waals surface area contributed by atoms with E-state index in [1.165, 1.54) is 0 Å². The van der Waals surface area contributed by atoms with E-state index < -0.39 is 0 Å². The summed E-state index contributed by atoms with van der Waals surface area (Å²) < 4.78 is 1.95. The Labute approximate surface area is 150 Å². The van der Waals surface area contributed by atoms with Crippen molar-refractivity contribution in [2.45, 2.75) is 0 Å². The number of fused-ring (bicyclic) bond motifs is 3. The topological polar surface area (TPSA) is 67.4 Å². The fourth-order valence-corrected chi connectivity index (χ4v) is 3.52. The van der Waals surface area contributed by atoms with Crippen LogP contribution in [0.15, 0.2) is 65.1 Å². The Kier molecular flexibility index (Phi) is 3.02. The van der Waals surface area contributed by atoms with Crippen LogP contribution in [0.2, 0.25) is 0 Å². The third-order valence-corrected chi connectivity index (χ3v) is 4.80. The van der Waals surface area contributed by atoms with Gasteiger partial charge in [-0.25, -0.2) is 4.98 Å². The number of aromatic amines is 2. The van der Waals surface area contributed by atoms with E-state index in [4.69, 9.17) is 0 Å². The number of benzene rings is 3. The molecule has 2 heterocycles. The number of para-hydroxylation sites is 2. The minimum absolute atomic E-state index is 0.568. The molecule has 0 bridgehead atoms. The van der Waals surface area contributed by atoms with Crippen LogP contribution >= 0.6 is 15.9 Å². The van der Waals surface area contributed by atoms with Crippen LogP contribution in [0.5, 0.6) is 0 Å². The van der Waals surface area contributed by atoms with E-state index in [9.17, 15) is 4.91 Å². The quantitative estimate of drug-likeness (QED) is 0.325. The Bertz CT molecular complexity index is 1340. The van der Waals surface area contributed by atoms with Crippen LogP contribution in [0, 0.1) is 4.91 Å². The van der Waals surface area contributed by atoms with Crippen molar-refractivity contribution >= 4 is 49.0 Å². The molecule has 0 unspecified atom stereocenters.